The lowest BCUT2D eigenvalue weighted by molar-refractivity contribution is 0.0981. The van der Waals surface area contributed by atoms with Crippen molar-refractivity contribution in [3.8, 4) is 0 Å². The molecule has 0 bridgehead atoms. The van der Waals surface area contributed by atoms with E-state index in [4.69, 9.17) is 0 Å². The van der Waals surface area contributed by atoms with Crippen molar-refractivity contribution in [3.63, 3.8) is 0 Å². The molecule has 0 spiro atoms. The minimum atomic E-state index is -0.874. The maximum Gasteiger partial charge on any atom is 0.263 e. The molecule has 138 valence electrons. The van der Waals surface area contributed by atoms with E-state index < -0.39 is 17.5 Å². The van der Waals surface area contributed by atoms with Gasteiger partial charge in [0.15, 0.2) is 5.13 Å². The minimum absolute atomic E-state index is 0. The summed E-state index contributed by atoms with van der Waals surface area (Å²) in [5, 5.41) is 0.497. The first-order chi connectivity index (χ1) is 12.0. The van der Waals surface area contributed by atoms with Crippen molar-refractivity contribution in [2.24, 2.45) is 0 Å². The fourth-order valence-corrected chi connectivity index (χ4v) is 3.36. The maximum atomic E-state index is 14.1. The number of hydrogen-bond donors (Lipinski definition) is 0. The quantitative estimate of drug-likeness (QED) is 0.647. The summed E-state index contributed by atoms with van der Waals surface area (Å²) in [6.07, 6.45) is 0. The number of carbonyl (C=O) groups is 1. The highest BCUT2D eigenvalue weighted by Gasteiger charge is 2.24. The molecule has 1 aromatic heterocycles. The minimum Gasteiger partial charge on any atom is -0.308 e. The van der Waals surface area contributed by atoms with Crippen molar-refractivity contribution in [1.82, 2.24) is 9.88 Å². The summed E-state index contributed by atoms with van der Waals surface area (Å²) < 4.78 is 28.2. The summed E-state index contributed by atoms with van der Waals surface area (Å²) in [5.41, 5.74) is 0.615. The number of hydrogen-bond acceptors (Lipinski definition) is 4. The van der Waals surface area contributed by atoms with Crippen LogP contribution in [0.4, 0.5) is 13.9 Å². The van der Waals surface area contributed by atoms with Gasteiger partial charge < -0.3 is 4.90 Å². The number of nitrogens with zero attached hydrogens (tertiary/aromatic N) is 3. The topological polar surface area (TPSA) is 36.4 Å². The number of thiazole rings is 1. The highest BCUT2D eigenvalue weighted by molar-refractivity contribution is 7.22. The highest BCUT2D eigenvalue weighted by Crippen LogP contribution is 2.29. The first kappa shape index (κ1) is 20.2. The summed E-state index contributed by atoms with van der Waals surface area (Å²) >= 11 is 1.37. The average Bonchev–Trinajstić information content (AvgIpc) is 2.98. The Morgan fingerprint density at radius 3 is 2.50 bits per heavy atom. The smallest absolute Gasteiger partial charge is 0.263 e. The standard InChI is InChI=1S/C18H17F2N3OS.ClH/c1-22(2)9-10-23(17(24)13-8-7-12(19)11-14(13)20)18-21-15-5-3-4-6-16(15)25-18;/h3-8,11H,9-10H2,1-2H3;1H. The molecule has 26 heavy (non-hydrogen) atoms. The molecule has 2 aromatic carbocycles. The number of likely N-dealkylation sites (N-methyl/N-ethyl adjacent to an activating group) is 1. The van der Waals surface area contributed by atoms with Gasteiger partial charge in [-0.25, -0.2) is 13.8 Å². The van der Waals surface area contributed by atoms with Gasteiger partial charge in [-0.1, -0.05) is 23.5 Å². The van der Waals surface area contributed by atoms with Gasteiger partial charge in [-0.05, 0) is 38.4 Å². The first-order valence-corrected chi connectivity index (χ1v) is 8.54. The SMILES string of the molecule is CN(C)CCN(C(=O)c1ccc(F)cc1F)c1nc2ccccc2s1.Cl. The van der Waals surface area contributed by atoms with Crippen LogP contribution in [0.25, 0.3) is 10.2 Å². The van der Waals surface area contributed by atoms with Crippen LogP contribution >= 0.6 is 23.7 Å². The van der Waals surface area contributed by atoms with Crippen LogP contribution in [0, 0.1) is 11.6 Å². The van der Waals surface area contributed by atoms with Gasteiger partial charge in [-0.2, -0.15) is 0 Å². The van der Waals surface area contributed by atoms with E-state index in [9.17, 15) is 13.6 Å². The Morgan fingerprint density at radius 2 is 1.85 bits per heavy atom. The average molecular weight is 398 g/mol. The molecule has 0 aliphatic heterocycles. The van der Waals surface area contributed by atoms with Gasteiger partial charge in [-0.3, -0.25) is 9.69 Å². The van der Waals surface area contributed by atoms with E-state index in [2.05, 4.69) is 4.98 Å². The number of halogens is 3. The molecule has 0 aliphatic carbocycles. The third-order valence-electron chi connectivity index (χ3n) is 3.69. The molecule has 1 amide bonds. The number of anilines is 1. The molecular formula is C18H18ClF2N3OS. The Kier molecular flexibility index (Phi) is 6.63. The summed E-state index contributed by atoms with van der Waals surface area (Å²) in [5.74, 6) is -2.12. The maximum absolute atomic E-state index is 14.1. The molecule has 0 radical (unpaired) electrons. The number of fused-ring (bicyclic) bond motifs is 1. The number of carbonyl (C=O) groups excluding carboxylic acids is 1. The largest absolute Gasteiger partial charge is 0.308 e. The van der Waals surface area contributed by atoms with Gasteiger partial charge in [-0.15, -0.1) is 12.4 Å². The van der Waals surface area contributed by atoms with Gasteiger partial charge in [0.2, 0.25) is 0 Å². The molecule has 0 saturated heterocycles. The summed E-state index contributed by atoms with van der Waals surface area (Å²) in [4.78, 5) is 20.7. The van der Waals surface area contributed by atoms with Crippen molar-refractivity contribution in [2.75, 3.05) is 32.1 Å². The van der Waals surface area contributed by atoms with Crippen molar-refractivity contribution in [1.29, 1.82) is 0 Å². The predicted octanol–water partition coefficient (Wildman–Crippen LogP) is 4.20. The lowest BCUT2D eigenvalue weighted by Crippen LogP contribution is -2.37. The zero-order valence-corrected chi connectivity index (χ0v) is 15.9. The van der Waals surface area contributed by atoms with Crippen LogP contribution in [0.15, 0.2) is 42.5 Å². The zero-order valence-electron chi connectivity index (χ0n) is 14.3. The van der Waals surface area contributed by atoms with E-state index >= 15 is 0 Å². The van der Waals surface area contributed by atoms with Gasteiger partial charge in [0.05, 0.1) is 15.8 Å². The van der Waals surface area contributed by atoms with Crippen molar-refractivity contribution in [2.45, 2.75) is 0 Å². The van der Waals surface area contributed by atoms with Crippen LogP contribution in [0.5, 0.6) is 0 Å². The fourth-order valence-electron chi connectivity index (χ4n) is 2.37. The molecule has 3 rings (SSSR count). The molecule has 1 heterocycles. The molecular weight excluding hydrogens is 380 g/mol. The molecule has 0 atom stereocenters. The normalized spacial score (nSPS) is 10.8. The van der Waals surface area contributed by atoms with Crippen LogP contribution < -0.4 is 4.90 Å². The fraction of sp³-hybridized carbons (Fsp3) is 0.222. The highest BCUT2D eigenvalue weighted by atomic mass is 35.5. The molecule has 0 saturated carbocycles. The molecule has 8 heteroatoms. The van der Waals surface area contributed by atoms with Crippen molar-refractivity contribution < 1.29 is 13.6 Å². The van der Waals surface area contributed by atoms with Crippen LogP contribution in [-0.4, -0.2) is 43.0 Å². The molecule has 0 unspecified atom stereocenters. The third-order valence-corrected chi connectivity index (χ3v) is 4.75. The van der Waals surface area contributed by atoms with E-state index in [0.717, 1.165) is 22.3 Å². The summed E-state index contributed by atoms with van der Waals surface area (Å²) in [6, 6.07) is 10.5. The summed E-state index contributed by atoms with van der Waals surface area (Å²) in [7, 11) is 3.78. The molecule has 4 nitrogen and oxygen atoms in total. The lowest BCUT2D eigenvalue weighted by atomic mass is 10.2. The molecule has 3 aromatic rings. The monoisotopic (exact) mass is 397 g/mol. The molecule has 0 aliphatic rings. The molecule has 0 N–H and O–H groups in total. The molecule has 0 fully saturated rings. The first-order valence-electron chi connectivity index (χ1n) is 7.73. The van der Waals surface area contributed by atoms with E-state index in [1.807, 2.05) is 43.3 Å². The second kappa shape index (κ2) is 8.53. The lowest BCUT2D eigenvalue weighted by Gasteiger charge is -2.22. The number of benzene rings is 2. The summed E-state index contributed by atoms with van der Waals surface area (Å²) in [6.45, 7) is 0.937. The van der Waals surface area contributed by atoms with Crippen LogP contribution in [-0.2, 0) is 0 Å². The van der Waals surface area contributed by atoms with Crippen LogP contribution in [0.2, 0.25) is 0 Å². The van der Waals surface area contributed by atoms with Gasteiger partial charge >= 0.3 is 0 Å². The van der Waals surface area contributed by atoms with Gasteiger partial charge in [0.1, 0.15) is 11.6 Å². The van der Waals surface area contributed by atoms with Crippen LogP contribution in [0.3, 0.4) is 0 Å². The van der Waals surface area contributed by atoms with Crippen LogP contribution in [0.1, 0.15) is 10.4 Å². The Labute approximate surface area is 160 Å². The Balaban J connectivity index is 0.00000243. The van der Waals surface area contributed by atoms with Gasteiger partial charge in [0, 0.05) is 19.2 Å². The van der Waals surface area contributed by atoms with Gasteiger partial charge in [0.25, 0.3) is 5.91 Å². The predicted molar refractivity (Wildman–Crippen MR) is 103 cm³/mol. The number of amides is 1. The van der Waals surface area contributed by atoms with E-state index in [1.54, 1.807) is 0 Å². The second-order valence-corrected chi connectivity index (χ2v) is 6.86. The zero-order chi connectivity index (χ0) is 18.0. The van der Waals surface area contributed by atoms with Crippen molar-refractivity contribution in [3.05, 3.63) is 59.7 Å². The Hall–Kier alpha value is -2.09. The second-order valence-electron chi connectivity index (χ2n) is 5.85. The van der Waals surface area contributed by atoms with E-state index in [-0.39, 0.29) is 18.0 Å². The Bertz CT molecular complexity index is 883. The number of para-hydroxylation sites is 1. The van der Waals surface area contributed by atoms with E-state index in [0.29, 0.717) is 18.2 Å². The van der Waals surface area contributed by atoms with E-state index in [1.165, 1.54) is 22.3 Å². The third kappa shape index (κ3) is 4.35. The van der Waals surface area contributed by atoms with Crippen molar-refractivity contribution >= 4 is 45.0 Å². The number of aromatic nitrogens is 1. The number of rotatable bonds is 5. The Morgan fingerprint density at radius 1 is 1.12 bits per heavy atom.